The highest BCUT2D eigenvalue weighted by Gasteiger charge is 2.22. The van der Waals surface area contributed by atoms with Gasteiger partial charge in [0.1, 0.15) is 17.4 Å². The van der Waals surface area contributed by atoms with Crippen molar-refractivity contribution in [2.24, 2.45) is 0 Å². The summed E-state index contributed by atoms with van der Waals surface area (Å²) in [5.74, 6) is -0.474. The molecule has 0 aromatic heterocycles. The van der Waals surface area contributed by atoms with Crippen LogP contribution in [0, 0.1) is 32.4 Å². The molecule has 0 N–H and O–H groups in total. The molecule has 0 saturated carbocycles. The van der Waals surface area contributed by atoms with E-state index < -0.39 is 17.0 Å². The van der Waals surface area contributed by atoms with E-state index in [1.165, 1.54) is 12.1 Å². The van der Waals surface area contributed by atoms with Crippen molar-refractivity contribution in [1.29, 1.82) is 0 Å². The molecule has 1 atom stereocenters. The van der Waals surface area contributed by atoms with E-state index >= 15 is 0 Å². The summed E-state index contributed by atoms with van der Waals surface area (Å²) >= 11 is 6.33. The topological polar surface area (TPSA) is 9.23 Å². The molecule has 0 bridgehead atoms. The van der Waals surface area contributed by atoms with Crippen LogP contribution in [0.5, 0.6) is 5.75 Å². The summed E-state index contributed by atoms with van der Waals surface area (Å²) < 4.78 is 33.5. The fraction of sp³-hybridized carbons (Fsp3) is 0.294. The van der Waals surface area contributed by atoms with Gasteiger partial charge in [0.15, 0.2) is 0 Å². The quantitative estimate of drug-likeness (QED) is 0.706. The summed E-state index contributed by atoms with van der Waals surface area (Å²) in [6, 6.07) is 6.24. The Morgan fingerprint density at radius 3 is 2.10 bits per heavy atom. The zero-order chi connectivity index (χ0) is 15.7. The maximum atomic E-state index is 14.2. The highest BCUT2D eigenvalue weighted by Crippen LogP contribution is 2.36. The SMILES string of the molecule is COc1c(C)cc(C(Cl)c2c(F)ccc(C)c2F)cc1C. The largest absolute Gasteiger partial charge is 0.496 e. The van der Waals surface area contributed by atoms with Gasteiger partial charge in [0.05, 0.1) is 12.5 Å². The fourth-order valence-electron chi connectivity index (χ4n) is 2.53. The molecule has 0 spiro atoms. The van der Waals surface area contributed by atoms with Crippen molar-refractivity contribution in [1.82, 2.24) is 0 Å². The monoisotopic (exact) mass is 310 g/mol. The molecule has 112 valence electrons. The number of hydrogen-bond donors (Lipinski definition) is 0. The zero-order valence-corrected chi connectivity index (χ0v) is 13.2. The van der Waals surface area contributed by atoms with Crippen LogP contribution < -0.4 is 4.74 Å². The third-order valence-electron chi connectivity index (χ3n) is 3.55. The van der Waals surface area contributed by atoms with Gasteiger partial charge in [0.25, 0.3) is 0 Å². The first-order valence-corrected chi connectivity index (χ1v) is 7.04. The Hall–Kier alpha value is -1.61. The summed E-state index contributed by atoms with van der Waals surface area (Å²) in [5.41, 5.74) is 2.67. The lowest BCUT2D eigenvalue weighted by Gasteiger charge is -2.17. The second-order valence-electron chi connectivity index (χ2n) is 5.14. The van der Waals surface area contributed by atoms with Gasteiger partial charge in [-0.25, -0.2) is 8.78 Å². The normalized spacial score (nSPS) is 12.3. The maximum absolute atomic E-state index is 14.2. The van der Waals surface area contributed by atoms with E-state index in [9.17, 15) is 8.78 Å². The Morgan fingerprint density at radius 2 is 1.57 bits per heavy atom. The lowest BCUT2D eigenvalue weighted by molar-refractivity contribution is 0.408. The van der Waals surface area contributed by atoms with Crippen LogP contribution in [0.1, 0.15) is 33.2 Å². The van der Waals surface area contributed by atoms with Crippen molar-refractivity contribution < 1.29 is 13.5 Å². The highest BCUT2D eigenvalue weighted by atomic mass is 35.5. The number of hydrogen-bond acceptors (Lipinski definition) is 1. The van der Waals surface area contributed by atoms with Gasteiger partial charge in [-0.2, -0.15) is 0 Å². The van der Waals surface area contributed by atoms with Crippen LogP contribution in [-0.4, -0.2) is 7.11 Å². The van der Waals surface area contributed by atoms with Gasteiger partial charge in [-0.1, -0.05) is 18.2 Å². The predicted octanol–water partition coefficient (Wildman–Crippen LogP) is 5.23. The first-order chi connectivity index (χ1) is 9.86. The second kappa shape index (κ2) is 6.02. The van der Waals surface area contributed by atoms with Gasteiger partial charge in [0, 0.05) is 5.56 Å². The van der Waals surface area contributed by atoms with E-state index in [1.54, 1.807) is 26.2 Å². The first kappa shape index (κ1) is 15.8. The van der Waals surface area contributed by atoms with Crippen molar-refractivity contribution in [3.63, 3.8) is 0 Å². The van der Waals surface area contributed by atoms with E-state index in [2.05, 4.69) is 0 Å². The van der Waals surface area contributed by atoms with Crippen LogP contribution in [0.15, 0.2) is 24.3 Å². The van der Waals surface area contributed by atoms with Crippen molar-refractivity contribution in [2.75, 3.05) is 7.11 Å². The van der Waals surface area contributed by atoms with Crippen LogP contribution in [0.2, 0.25) is 0 Å². The molecule has 0 aliphatic carbocycles. The minimum atomic E-state index is -0.881. The Labute approximate surface area is 128 Å². The molecule has 4 heteroatoms. The minimum absolute atomic E-state index is 0.111. The first-order valence-electron chi connectivity index (χ1n) is 6.60. The Morgan fingerprint density at radius 1 is 1.00 bits per heavy atom. The smallest absolute Gasteiger partial charge is 0.134 e. The van der Waals surface area contributed by atoms with Gasteiger partial charge in [-0.05, 0) is 49.1 Å². The molecule has 0 aliphatic heterocycles. The number of alkyl halides is 1. The van der Waals surface area contributed by atoms with Crippen molar-refractivity contribution in [2.45, 2.75) is 26.1 Å². The Balaban J connectivity index is 2.56. The minimum Gasteiger partial charge on any atom is -0.496 e. The van der Waals surface area contributed by atoms with Gasteiger partial charge >= 0.3 is 0 Å². The molecule has 0 heterocycles. The standard InChI is InChI=1S/C17H17ClF2O/c1-9-5-6-13(19)14(16(9)20)15(18)12-7-10(2)17(21-4)11(3)8-12/h5-8,15H,1-4H3. The summed E-state index contributed by atoms with van der Waals surface area (Å²) in [4.78, 5) is 0. The average molecular weight is 311 g/mol. The van der Waals surface area contributed by atoms with Gasteiger partial charge in [0.2, 0.25) is 0 Å². The van der Waals surface area contributed by atoms with Gasteiger partial charge in [-0.15, -0.1) is 11.6 Å². The van der Waals surface area contributed by atoms with Crippen molar-refractivity contribution >= 4 is 11.6 Å². The van der Waals surface area contributed by atoms with E-state index in [0.717, 1.165) is 16.9 Å². The van der Waals surface area contributed by atoms with Crippen LogP contribution in [-0.2, 0) is 0 Å². The predicted molar refractivity (Wildman–Crippen MR) is 81.3 cm³/mol. The summed E-state index contributed by atoms with van der Waals surface area (Å²) in [6.07, 6.45) is 0. The Kier molecular flexibility index (Phi) is 4.52. The number of halogens is 3. The number of benzene rings is 2. The molecule has 21 heavy (non-hydrogen) atoms. The summed E-state index contributed by atoms with van der Waals surface area (Å²) in [7, 11) is 1.59. The van der Waals surface area contributed by atoms with E-state index in [4.69, 9.17) is 16.3 Å². The number of rotatable bonds is 3. The highest BCUT2D eigenvalue weighted by molar-refractivity contribution is 6.22. The molecule has 0 amide bonds. The molecule has 1 nitrogen and oxygen atoms in total. The number of ether oxygens (including phenoxy) is 1. The summed E-state index contributed by atoms with van der Waals surface area (Å²) in [6.45, 7) is 5.34. The Bertz CT molecular complexity index is 660. The van der Waals surface area contributed by atoms with Crippen LogP contribution in [0.25, 0.3) is 0 Å². The summed E-state index contributed by atoms with van der Waals surface area (Å²) in [5, 5.41) is -0.881. The van der Waals surface area contributed by atoms with Gasteiger partial charge < -0.3 is 4.74 Å². The molecule has 0 saturated heterocycles. The fourth-order valence-corrected chi connectivity index (χ4v) is 2.86. The third-order valence-corrected chi connectivity index (χ3v) is 4.02. The van der Waals surface area contributed by atoms with Crippen LogP contribution >= 0.6 is 11.6 Å². The lowest BCUT2D eigenvalue weighted by Crippen LogP contribution is -2.04. The number of aryl methyl sites for hydroxylation is 3. The molecule has 2 aromatic carbocycles. The van der Waals surface area contributed by atoms with E-state index in [1.807, 2.05) is 13.8 Å². The molecular formula is C17H17ClF2O. The molecular weight excluding hydrogens is 294 g/mol. The molecule has 0 aliphatic rings. The van der Waals surface area contributed by atoms with Crippen molar-refractivity contribution in [3.05, 3.63) is 63.7 Å². The van der Waals surface area contributed by atoms with E-state index in [0.29, 0.717) is 11.1 Å². The number of methoxy groups -OCH3 is 1. The maximum Gasteiger partial charge on any atom is 0.134 e. The molecule has 1 unspecified atom stereocenters. The van der Waals surface area contributed by atoms with Gasteiger partial charge in [-0.3, -0.25) is 0 Å². The molecule has 0 fully saturated rings. The molecule has 2 rings (SSSR count). The van der Waals surface area contributed by atoms with Crippen molar-refractivity contribution in [3.8, 4) is 5.75 Å². The van der Waals surface area contributed by atoms with Crippen LogP contribution in [0.3, 0.4) is 0 Å². The van der Waals surface area contributed by atoms with E-state index in [-0.39, 0.29) is 5.56 Å². The second-order valence-corrected chi connectivity index (χ2v) is 5.58. The average Bonchev–Trinajstić information content (AvgIpc) is 2.43. The molecule has 2 aromatic rings. The lowest BCUT2D eigenvalue weighted by atomic mass is 9.97. The van der Waals surface area contributed by atoms with Crippen LogP contribution in [0.4, 0.5) is 8.78 Å². The zero-order valence-electron chi connectivity index (χ0n) is 12.4. The third kappa shape index (κ3) is 2.88. The molecule has 0 radical (unpaired) electrons.